The standard InChI is InChI=1S/C7H7Cl2O3P/c1-11-13(9,10)12-7-5-3-2-4-6(7)8/h2-5H,1H3. The van der Waals surface area contributed by atoms with E-state index in [1.54, 1.807) is 24.3 Å². The van der Waals surface area contributed by atoms with Crippen molar-refractivity contribution < 1.29 is 13.6 Å². The van der Waals surface area contributed by atoms with Gasteiger partial charge < -0.3 is 4.52 Å². The smallest absolute Gasteiger partial charge is 0.412 e. The van der Waals surface area contributed by atoms with E-state index in [0.29, 0.717) is 5.02 Å². The Kier molecular flexibility index (Phi) is 3.63. The zero-order valence-electron chi connectivity index (χ0n) is 6.74. The van der Waals surface area contributed by atoms with Crippen molar-refractivity contribution >= 4 is 29.8 Å². The third kappa shape index (κ3) is 3.20. The van der Waals surface area contributed by atoms with Crippen LogP contribution in [-0.4, -0.2) is 7.11 Å². The lowest BCUT2D eigenvalue weighted by atomic mass is 10.3. The molecular formula is C7H7Cl2O3P. The molecule has 1 atom stereocenters. The lowest BCUT2D eigenvalue weighted by Gasteiger charge is -2.10. The number of hydrogen-bond donors (Lipinski definition) is 0. The highest BCUT2D eigenvalue weighted by atomic mass is 35.7. The van der Waals surface area contributed by atoms with Gasteiger partial charge in [0.2, 0.25) is 0 Å². The van der Waals surface area contributed by atoms with Crippen LogP contribution in [0.5, 0.6) is 5.75 Å². The van der Waals surface area contributed by atoms with Gasteiger partial charge in [-0.15, -0.1) is 0 Å². The minimum absolute atomic E-state index is 0.240. The maximum atomic E-state index is 11.2. The number of hydrogen-bond acceptors (Lipinski definition) is 3. The minimum Gasteiger partial charge on any atom is -0.412 e. The van der Waals surface area contributed by atoms with Gasteiger partial charge in [0.05, 0.1) is 5.02 Å². The molecule has 0 aliphatic carbocycles. The molecule has 0 saturated carbocycles. The third-order valence-corrected chi connectivity index (χ3v) is 3.05. The molecule has 0 saturated heterocycles. The largest absolute Gasteiger partial charge is 0.476 e. The molecule has 1 aromatic carbocycles. The van der Waals surface area contributed by atoms with Crippen molar-refractivity contribution in [1.82, 2.24) is 0 Å². The summed E-state index contributed by atoms with van der Waals surface area (Å²) in [5.74, 6) is 0.240. The minimum atomic E-state index is -3.53. The molecule has 0 aliphatic rings. The molecular weight excluding hydrogens is 234 g/mol. The van der Waals surface area contributed by atoms with E-state index in [1.807, 2.05) is 0 Å². The molecule has 1 unspecified atom stereocenters. The maximum Gasteiger partial charge on any atom is 0.476 e. The van der Waals surface area contributed by atoms with E-state index in [1.165, 1.54) is 7.11 Å². The lowest BCUT2D eigenvalue weighted by molar-refractivity contribution is 0.340. The van der Waals surface area contributed by atoms with Gasteiger partial charge >= 0.3 is 6.95 Å². The predicted octanol–water partition coefficient (Wildman–Crippen LogP) is 3.71. The van der Waals surface area contributed by atoms with E-state index in [-0.39, 0.29) is 5.75 Å². The van der Waals surface area contributed by atoms with Crippen molar-refractivity contribution in [3.63, 3.8) is 0 Å². The van der Waals surface area contributed by atoms with Gasteiger partial charge in [0.1, 0.15) is 5.75 Å². The Hall–Kier alpha value is -0.210. The molecule has 0 heterocycles. The van der Waals surface area contributed by atoms with E-state index in [9.17, 15) is 4.57 Å². The van der Waals surface area contributed by atoms with Crippen molar-refractivity contribution in [3.05, 3.63) is 29.3 Å². The fraction of sp³-hybridized carbons (Fsp3) is 0.143. The summed E-state index contributed by atoms with van der Waals surface area (Å²) in [5.41, 5.74) is 0. The van der Waals surface area contributed by atoms with Crippen LogP contribution in [0.15, 0.2) is 24.3 Å². The van der Waals surface area contributed by atoms with E-state index >= 15 is 0 Å². The highest BCUT2D eigenvalue weighted by Gasteiger charge is 2.21. The summed E-state index contributed by atoms with van der Waals surface area (Å²) in [6.07, 6.45) is 0. The summed E-state index contributed by atoms with van der Waals surface area (Å²) in [5, 5.41) is 0.334. The summed E-state index contributed by atoms with van der Waals surface area (Å²) >= 11 is 11.1. The molecule has 0 fully saturated rings. The molecule has 1 aromatic rings. The topological polar surface area (TPSA) is 35.5 Å². The van der Waals surface area contributed by atoms with E-state index < -0.39 is 6.95 Å². The van der Waals surface area contributed by atoms with Gasteiger partial charge in [-0.2, -0.15) is 0 Å². The van der Waals surface area contributed by atoms with Crippen molar-refractivity contribution in [2.24, 2.45) is 0 Å². The van der Waals surface area contributed by atoms with Gasteiger partial charge in [-0.1, -0.05) is 23.7 Å². The van der Waals surface area contributed by atoms with Crippen molar-refractivity contribution in [2.75, 3.05) is 7.11 Å². The first kappa shape index (κ1) is 10.9. The second-order valence-electron chi connectivity index (χ2n) is 2.13. The second-order valence-corrected chi connectivity index (χ2v) is 5.19. The highest BCUT2D eigenvalue weighted by Crippen LogP contribution is 2.53. The lowest BCUT2D eigenvalue weighted by Crippen LogP contribution is -1.89. The van der Waals surface area contributed by atoms with Crippen LogP contribution < -0.4 is 4.52 Å². The van der Waals surface area contributed by atoms with Gasteiger partial charge in [0.25, 0.3) is 0 Å². The van der Waals surface area contributed by atoms with Crippen LogP contribution in [0.25, 0.3) is 0 Å². The molecule has 13 heavy (non-hydrogen) atoms. The van der Waals surface area contributed by atoms with Crippen LogP contribution in [-0.2, 0) is 9.09 Å². The van der Waals surface area contributed by atoms with E-state index in [4.69, 9.17) is 27.4 Å². The normalized spacial score (nSPS) is 15.0. The molecule has 0 aliphatic heterocycles. The Morgan fingerprint density at radius 1 is 1.38 bits per heavy atom. The summed E-state index contributed by atoms with van der Waals surface area (Å²) in [6.45, 7) is -3.53. The Labute approximate surface area is 85.9 Å². The molecule has 0 spiro atoms. The fourth-order valence-electron chi connectivity index (χ4n) is 0.674. The first-order valence-electron chi connectivity index (χ1n) is 3.35. The van der Waals surface area contributed by atoms with Crippen LogP contribution in [0.3, 0.4) is 0 Å². The summed E-state index contributed by atoms with van der Waals surface area (Å²) in [4.78, 5) is 0. The predicted molar refractivity (Wildman–Crippen MR) is 52.5 cm³/mol. The highest BCUT2D eigenvalue weighted by molar-refractivity contribution is 7.81. The third-order valence-electron chi connectivity index (χ3n) is 1.26. The zero-order valence-corrected chi connectivity index (χ0v) is 9.14. The maximum absolute atomic E-state index is 11.2. The Morgan fingerprint density at radius 2 is 2.00 bits per heavy atom. The molecule has 6 heteroatoms. The number of rotatable bonds is 3. The van der Waals surface area contributed by atoms with Gasteiger partial charge in [-0.25, -0.2) is 4.57 Å². The Balaban J connectivity index is 2.86. The SMILES string of the molecule is COP(=O)(Cl)Oc1ccccc1Cl. The van der Waals surface area contributed by atoms with Gasteiger partial charge in [-0.05, 0) is 12.1 Å². The Bertz CT molecular complexity index is 342. The van der Waals surface area contributed by atoms with Crippen molar-refractivity contribution in [2.45, 2.75) is 0 Å². The second kappa shape index (κ2) is 4.34. The van der Waals surface area contributed by atoms with Crippen LogP contribution in [0, 0.1) is 0 Å². The average Bonchev–Trinajstić information content (AvgIpc) is 2.09. The first-order chi connectivity index (χ1) is 6.05. The first-order valence-corrected chi connectivity index (χ1v) is 6.17. The van der Waals surface area contributed by atoms with Crippen LogP contribution >= 0.6 is 29.8 Å². The monoisotopic (exact) mass is 240 g/mol. The Morgan fingerprint density at radius 3 is 2.54 bits per heavy atom. The van der Waals surface area contributed by atoms with Crippen LogP contribution in [0.4, 0.5) is 0 Å². The van der Waals surface area contributed by atoms with Crippen molar-refractivity contribution in [1.29, 1.82) is 0 Å². The molecule has 0 amide bonds. The van der Waals surface area contributed by atoms with Gasteiger partial charge in [0.15, 0.2) is 0 Å². The number of benzene rings is 1. The molecule has 72 valence electrons. The molecule has 0 aromatic heterocycles. The van der Waals surface area contributed by atoms with Gasteiger partial charge in [0, 0.05) is 18.4 Å². The quantitative estimate of drug-likeness (QED) is 0.756. The van der Waals surface area contributed by atoms with E-state index in [2.05, 4.69) is 4.52 Å². The van der Waals surface area contributed by atoms with Crippen LogP contribution in [0.2, 0.25) is 5.02 Å². The molecule has 0 radical (unpaired) electrons. The zero-order chi connectivity index (χ0) is 9.90. The van der Waals surface area contributed by atoms with E-state index in [0.717, 1.165) is 0 Å². The van der Waals surface area contributed by atoms with Crippen molar-refractivity contribution in [3.8, 4) is 5.75 Å². The van der Waals surface area contributed by atoms with Gasteiger partial charge in [-0.3, -0.25) is 4.52 Å². The number of halogens is 2. The summed E-state index contributed by atoms with van der Waals surface area (Å²) in [6, 6.07) is 6.56. The number of para-hydroxylation sites is 1. The molecule has 0 N–H and O–H groups in total. The summed E-state index contributed by atoms with van der Waals surface area (Å²) in [7, 11) is 1.20. The van der Waals surface area contributed by atoms with Crippen LogP contribution in [0.1, 0.15) is 0 Å². The average molecular weight is 241 g/mol. The summed E-state index contributed by atoms with van der Waals surface area (Å²) < 4.78 is 20.5. The fourth-order valence-corrected chi connectivity index (χ4v) is 1.59. The molecule has 0 bridgehead atoms. The molecule has 1 rings (SSSR count). The molecule has 3 nitrogen and oxygen atoms in total.